The van der Waals surface area contributed by atoms with Crippen molar-refractivity contribution in [3.63, 3.8) is 0 Å². The van der Waals surface area contributed by atoms with Crippen molar-refractivity contribution in [1.29, 1.82) is 0 Å². The number of rotatable bonds is 4. The molecule has 3 nitrogen and oxygen atoms in total. The van der Waals surface area contributed by atoms with E-state index in [2.05, 4.69) is 21.2 Å². The Labute approximate surface area is 85.9 Å². The minimum Gasteiger partial charge on any atom is -0.497 e. The zero-order chi connectivity index (χ0) is 9.68. The third-order valence-electron chi connectivity index (χ3n) is 1.60. The van der Waals surface area contributed by atoms with Crippen LogP contribution >= 0.6 is 15.9 Å². The Morgan fingerprint density at radius 2 is 2.31 bits per heavy atom. The fourth-order valence-corrected chi connectivity index (χ4v) is 1.34. The van der Waals surface area contributed by atoms with Crippen molar-refractivity contribution in [2.45, 2.75) is 0 Å². The second-order valence-corrected chi connectivity index (χ2v) is 3.35. The van der Waals surface area contributed by atoms with Gasteiger partial charge in [0.2, 0.25) is 0 Å². The molecular weight excluding hydrogens is 234 g/mol. The molecule has 0 saturated heterocycles. The minimum absolute atomic E-state index is 0.115. The lowest BCUT2D eigenvalue weighted by Gasteiger charge is -2.08. The quantitative estimate of drug-likeness (QED) is 0.852. The van der Waals surface area contributed by atoms with Crippen molar-refractivity contribution in [3.05, 3.63) is 22.7 Å². The van der Waals surface area contributed by atoms with Crippen LogP contribution in [0.5, 0.6) is 5.75 Å². The van der Waals surface area contributed by atoms with E-state index < -0.39 is 0 Å². The number of aliphatic hydroxyl groups excluding tert-OH is 1. The largest absolute Gasteiger partial charge is 0.497 e. The number of anilines is 1. The molecule has 0 heterocycles. The summed E-state index contributed by atoms with van der Waals surface area (Å²) in [7, 11) is 1.62. The number of hydrogen-bond donors (Lipinski definition) is 2. The number of halogens is 1. The molecule has 0 aromatic heterocycles. The van der Waals surface area contributed by atoms with E-state index in [1.54, 1.807) is 7.11 Å². The lowest BCUT2D eigenvalue weighted by atomic mass is 10.3. The fourth-order valence-electron chi connectivity index (χ4n) is 0.957. The predicted octanol–water partition coefficient (Wildman–Crippen LogP) is 1.86. The van der Waals surface area contributed by atoms with Crippen LogP contribution in [-0.2, 0) is 0 Å². The van der Waals surface area contributed by atoms with Crippen LogP contribution in [-0.4, -0.2) is 25.4 Å². The van der Waals surface area contributed by atoms with Gasteiger partial charge in [0.25, 0.3) is 0 Å². The molecule has 0 aliphatic rings. The zero-order valence-corrected chi connectivity index (χ0v) is 8.97. The Kier molecular flexibility index (Phi) is 4.05. The first-order chi connectivity index (χ1) is 6.27. The average Bonchev–Trinajstić information content (AvgIpc) is 2.17. The highest BCUT2D eigenvalue weighted by molar-refractivity contribution is 9.10. The molecule has 1 rings (SSSR count). The number of benzene rings is 1. The van der Waals surface area contributed by atoms with Crippen LogP contribution in [0.15, 0.2) is 22.7 Å². The van der Waals surface area contributed by atoms with Crippen LogP contribution in [0.2, 0.25) is 0 Å². The molecule has 0 bridgehead atoms. The SMILES string of the molecule is COc1ccc(Br)c(NCCO)c1. The van der Waals surface area contributed by atoms with E-state index in [1.165, 1.54) is 0 Å². The molecule has 0 unspecified atom stereocenters. The molecule has 0 saturated carbocycles. The third kappa shape index (κ3) is 2.90. The molecule has 0 aliphatic carbocycles. The fraction of sp³-hybridized carbons (Fsp3) is 0.333. The van der Waals surface area contributed by atoms with Crippen molar-refractivity contribution >= 4 is 21.6 Å². The molecule has 0 atom stereocenters. The Morgan fingerprint density at radius 1 is 1.54 bits per heavy atom. The van der Waals surface area contributed by atoms with Crippen molar-refractivity contribution in [1.82, 2.24) is 0 Å². The monoisotopic (exact) mass is 245 g/mol. The number of hydrogen-bond acceptors (Lipinski definition) is 3. The molecular formula is C9H12BrNO2. The lowest BCUT2D eigenvalue weighted by molar-refractivity contribution is 0.311. The van der Waals surface area contributed by atoms with Crippen LogP contribution in [0.25, 0.3) is 0 Å². The van der Waals surface area contributed by atoms with Gasteiger partial charge in [0.05, 0.1) is 19.4 Å². The van der Waals surface area contributed by atoms with Gasteiger partial charge in [-0.05, 0) is 28.1 Å². The first-order valence-electron chi connectivity index (χ1n) is 3.96. The van der Waals surface area contributed by atoms with Crippen LogP contribution in [0.3, 0.4) is 0 Å². The molecule has 0 radical (unpaired) electrons. The Hall–Kier alpha value is -0.740. The summed E-state index contributed by atoms with van der Waals surface area (Å²) in [6.45, 7) is 0.648. The molecule has 1 aromatic carbocycles. The number of nitrogens with one attached hydrogen (secondary N) is 1. The summed E-state index contributed by atoms with van der Waals surface area (Å²) in [5.41, 5.74) is 0.924. The molecule has 0 amide bonds. The molecule has 0 aliphatic heterocycles. The highest BCUT2D eigenvalue weighted by Gasteiger charge is 2.00. The summed E-state index contributed by atoms with van der Waals surface area (Å²) in [5.74, 6) is 0.795. The molecule has 1 aromatic rings. The number of methoxy groups -OCH3 is 1. The van der Waals surface area contributed by atoms with Gasteiger partial charge in [-0.25, -0.2) is 0 Å². The van der Waals surface area contributed by atoms with Gasteiger partial charge in [0.15, 0.2) is 0 Å². The van der Waals surface area contributed by atoms with Gasteiger partial charge in [-0.1, -0.05) is 0 Å². The normalized spacial score (nSPS) is 9.77. The van der Waals surface area contributed by atoms with E-state index in [9.17, 15) is 0 Å². The van der Waals surface area contributed by atoms with Gasteiger partial charge in [-0.2, -0.15) is 0 Å². The Balaban J connectivity index is 2.78. The van der Waals surface area contributed by atoms with E-state index in [0.29, 0.717) is 6.54 Å². The second kappa shape index (κ2) is 5.09. The standard InChI is InChI=1S/C9H12BrNO2/c1-13-7-2-3-8(10)9(6-7)11-4-5-12/h2-3,6,11-12H,4-5H2,1H3. The van der Waals surface area contributed by atoms with Gasteiger partial charge in [0, 0.05) is 17.1 Å². The highest BCUT2D eigenvalue weighted by atomic mass is 79.9. The Morgan fingerprint density at radius 3 is 2.92 bits per heavy atom. The summed E-state index contributed by atoms with van der Waals surface area (Å²) >= 11 is 3.39. The molecule has 4 heteroatoms. The van der Waals surface area contributed by atoms with Crippen LogP contribution in [0, 0.1) is 0 Å². The van der Waals surface area contributed by atoms with Crippen molar-refractivity contribution in [2.75, 3.05) is 25.6 Å². The van der Waals surface area contributed by atoms with Crippen molar-refractivity contribution in [2.24, 2.45) is 0 Å². The molecule has 2 N–H and O–H groups in total. The van der Waals surface area contributed by atoms with E-state index in [4.69, 9.17) is 9.84 Å². The first-order valence-corrected chi connectivity index (χ1v) is 4.75. The van der Waals surface area contributed by atoms with E-state index >= 15 is 0 Å². The molecule has 13 heavy (non-hydrogen) atoms. The summed E-state index contributed by atoms with van der Waals surface area (Å²) < 4.78 is 6.03. The first kappa shape index (κ1) is 10.3. The van der Waals surface area contributed by atoms with E-state index in [-0.39, 0.29) is 6.61 Å². The van der Waals surface area contributed by atoms with Crippen LogP contribution in [0.4, 0.5) is 5.69 Å². The van der Waals surface area contributed by atoms with Gasteiger partial charge in [0.1, 0.15) is 5.75 Å². The van der Waals surface area contributed by atoms with Gasteiger partial charge >= 0.3 is 0 Å². The number of aliphatic hydroxyl groups is 1. The second-order valence-electron chi connectivity index (χ2n) is 2.50. The van der Waals surface area contributed by atoms with E-state index in [0.717, 1.165) is 15.9 Å². The third-order valence-corrected chi connectivity index (χ3v) is 2.29. The van der Waals surface area contributed by atoms with Crippen LogP contribution in [0.1, 0.15) is 0 Å². The van der Waals surface area contributed by atoms with Gasteiger partial charge < -0.3 is 15.2 Å². The van der Waals surface area contributed by atoms with Crippen LogP contribution < -0.4 is 10.1 Å². The highest BCUT2D eigenvalue weighted by Crippen LogP contribution is 2.26. The van der Waals surface area contributed by atoms with Crippen molar-refractivity contribution < 1.29 is 9.84 Å². The molecule has 0 spiro atoms. The summed E-state index contributed by atoms with van der Waals surface area (Å²) in [6, 6.07) is 5.65. The van der Waals surface area contributed by atoms with E-state index in [1.807, 2.05) is 18.2 Å². The zero-order valence-electron chi connectivity index (χ0n) is 7.38. The average molecular weight is 246 g/mol. The smallest absolute Gasteiger partial charge is 0.121 e. The van der Waals surface area contributed by atoms with Crippen molar-refractivity contribution in [3.8, 4) is 5.75 Å². The lowest BCUT2D eigenvalue weighted by Crippen LogP contribution is -2.05. The van der Waals surface area contributed by atoms with Gasteiger partial charge in [-0.15, -0.1) is 0 Å². The molecule has 0 fully saturated rings. The summed E-state index contributed by atoms with van der Waals surface area (Å²) in [5, 5.41) is 11.7. The Bertz CT molecular complexity index is 278. The predicted molar refractivity (Wildman–Crippen MR) is 56.3 cm³/mol. The summed E-state index contributed by atoms with van der Waals surface area (Å²) in [6.07, 6.45) is 0. The minimum atomic E-state index is 0.115. The maximum absolute atomic E-state index is 8.64. The summed E-state index contributed by atoms with van der Waals surface area (Å²) in [4.78, 5) is 0. The maximum atomic E-state index is 8.64. The van der Waals surface area contributed by atoms with Gasteiger partial charge in [-0.3, -0.25) is 0 Å². The topological polar surface area (TPSA) is 41.5 Å². The number of ether oxygens (including phenoxy) is 1. The maximum Gasteiger partial charge on any atom is 0.121 e. The molecule has 72 valence electrons.